The quantitative estimate of drug-likeness (QED) is 0.660. The highest BCUT2D eigenvalue weighted by molar-refractivity contribution is 4.61. The van der Waals surface area contributed by atoms with Crippen molar-refractivity contribution in [1.29, 1.82) is 0 Å². The van der Waals surface area contributed by atoms with Gasteiger partial charge in [0, 0.05) is 0 Å². The second-order valence-electron chi connectivity index (χ2n) is 7.68. The van der Waals surface area contributed by atoms with Crippen LogP contribution in [0.5, 0.6) is 0 Å². The Hall–Kier alpha value is -0.120. The molecule has 0 aromatic heterocycles. The van der Waals surface area contributed by atoms with E-state index in [2.05, 4.69) is 10.2 Å². The molecule has 1 aliphatic heterocycles. The summed E-state index contributed by atoms with van der Waals surface area (Å²) in [5.41, 5.74) is 5.53. The van der Waals surface area contributed by atoms with E-state index < -0.39 is 0 Å². The second-order valence-corrected chi connectivity index (χ2v) is 7.68. The van der Waals surface area contributed by atoms with Crippen molar-refractivity contribution >= 4 is 0 Å². The van der Waals surface area contributed by atoms with Gasteiger partial charge in [-0.25, -0.2) is 0 Å². The van der Waals surface area contributed by atoms with Crippen molar-refractivity contribution in [1.82, 2.24) is 10.2 Å². The molecule has 1 saturated heterocycles. The van der Waals surface area contributed by atoms with Gasteiger partial charge >= 0.3 is 0 Å². The molecule has 0 aromatic rings. The first-order valence-electron chi connectivity index (χ1n) is 11.1. The average molecular weight is 340 g/mol. The summed E-state index contributed by atoms with van der Waals surface area (Å²) in [6, 6.07) is 0. The lowest BCUT2D eigenvalue weighted by Crippen LogP contribution is -2.30. The van der Waals surface area contributed by atoms with Crippen molar-refractivity contribution in [2.45, 2.75) is 96.3 Å². The Kier molecular flexibility index (Phi) is 16.2. The molecule has 3 heteroatoms. The van der Waals surface area contributed by atoms with Gasteiger partial charge in [0.25, 0.3) is 0 Å². The van der Waals surface area contributed by atoms with Gasteiger partial charge in [-0.15, -0.1) is 0 Å². The molecule has 0 radical (unpaired) electrons. The van der Waals surface area contributed by atoms with E-state index in [0.29, 0.717) is 0 Å². The van der Waals surface area contributed by atoms with Crippen molar-refractivity contribution in [2.75, 3.05) is 39.3 Å². The van der Waals surface area contributed by atoms with Crippen LogP contribution in [-0.4, -0.2) is 44.2 Å². The lowest BCUT2D eigenvalue weighted by molar-refractivity contribution is 0.256. The van der Waals surface area contributed by atoms with E-state index in [-0.39, 0.29) is 0 Å². The van der Waals surface area contributed by atoms with Gasteiger partial charge in [-0.1, -0.05) is 70.6 Å². The Bertz CT molecular complexity index is 226. The second kappa shape index (κ2) is 17.7. The molecular formula is C21H45N3. The lowest BCUT2D eigenvalue weighted by atomic mass is 10.0. The fourth-order valence-corrected chi connectivity index (χ4v) is 3.73. The van der Waals surface area contributed by atoms with Crippen LogP contribution in [0.1, 0.15) is 96.3 Å². The van der Waals surface area contributed by atoms with Gasteiger partial charge < -0.3 is 16.0 Å². The zero-order valence-electron chi connectivity index (χ0n) is 16.4. The summed E-state index contributed by atoms with van der Waals surface area (Å²) < 4.78 is 0. The van der Waals surface area contributed by atoms with Crippen LogP contribution in [-0.2, 0) is 0 Å². The molecule has 3 nitrogen and oxygen atoms in total. The molecule has 24 heavy (non-hydrogen) atoms. The van der Waals surface area contributed by atoms with Gasteiger partial charge in [-0.05, 0) is 65.0 Å². The monoisotopic (exact) mass is 339 g/mol. The molecule has 0 saturated carbocycles. The summed E-state index contributed by atoms with van der Waals surface area (Å²) in [7, 11) is 0. The minimum Gasteiger partial charge on any atom is -0.330 e. The van der Waals surface area contributed by atoms with Crippen LogP contribution >= 0.6 is 0 Å². The Morgan fingerprint density at radius 2 is 1.00 bits per heavy atom. The van der Waals surface area contributed by atoms with Crippen LogP contribution in [0.4, 0.5) is 0 Å². The molecule has 0 aromatic carbocycles. The zero-order valence-corrected chi connectivity index (χ0v) is 16.4. The first kappa shape index (κ1) is 21.9. The number of nitrogens with two attached hydrogens (primary N) is 1. The SMILES string of the molecule is NCCCNCCCN1CCCCCCCCCCCCCCC1. The largest absolute Gasteiger partial charge is 0.330 e. The molecule has 0 bridgehead atoms. The van der Waals surface area contributed by atoms with Gasteiger partial charge in [0.05, 0.1) is 0 Å². The molecular weight excluding hydrogens is 294 g/mol. The predicted molar refractivity (Wildman–Crippen MR) is 108 cm³/mol. The third-order valence-corrected chi connectivity index (χ3v) is 5.33. The molecule has 0 aliphatic carbocycles. The molecule has 1 rings (SSSR count). The zero-order chi connectivity index (χ0) is 17.1. The standard InChI is InChI=1S/C21H45N3/c22-16-14-17-23-18-15-21-24-19-12-10-8-6-4-2-1-3-5-7-9-11-13-20-24/h23H,1-22H2. The first-order chi connectivity index (χ1) is 11.9. The predicted octanol–water partition coefficient (Wildman–Crippen LogP) is 4.70. The fourth-order valence-electron chi connectivity index (χ4n) is 3.73. The molecule has 0 amide bonds. The molecule has 0 spiro atoms. The van der Waals surface area contributed by atoms with Gasteiger partial charge in [0.2, 0.25) is 0 Å². The highest BCUT2D eigenvalue weighted by atomic mass is 15.1. The maximum atomic E-state index is 5.53. The lowest BCUT2D eigenvalue weighted by Gasteiger charge is -2.22. The summed E-state index contributed by atoms with van der Waals surface area (Å²) in [5, 5.41) is 3.52. The topological polar surface area (TPSA) is 41.3 Å². The molecule has 1 fully saturated rings. The summed E-state index contributed by atoms with van der Waals surface area (Å²) in [4.78, 5) is 2.73. The van der Waals surface area contributed by atoms with Gasteiger partial charge in [-0.3, -0.25) is 0 Å². The smallest absolute Gasteiger partial charge is 0.000664 e. The van der Waals surface area contributed by atoms with Crippen LogP contribution < -0.4 is 11.1 Å². The number of nitrogens with zero attached hydrogens (tertiary/aromatic N) is 1. The third kappa shape index (κ3) is 14.2. The van der Waals surface area contributed by atoms with Crippen molar-refractivity contribution in [3.63, 3.8) is 0 Å². The van der Waals surface area contributed by atoms with E-state index in [1.807, 2.05) is 0 Å². The van der Waals surface area contributed by atoms with E-state index in [9.17, 15) is 0 Å². The van der Waals surface area contributed by atoms with Crippen LogP contribution in [0.2, 0.25) is 0 Å². The van der Waals surface area contributed by atoms with E-state index in [1.54, 1.807) is 0 Å². The first-order valence-corrected chi connectivity index (χ1v) is 11.1. The molecule has 1 aliphatic rings. The number of hydrogen-bond acceptors (Lipinski definition) is 3. The van der Waals surface area contributed by atoms with Gasteiger partial charge in [-0.2, -0.15) is 0 Å². The van der Waals surface area contributed by atoms with Crippen molar-refractivity contribution in [3.8, 4) is 0 Å². The highest BCUT2D eigenvalue weighted by Gasteiger charge is 2.05. The maximum absolute atomic E-state index is 5.53. The number of rotatable bonds is 7. The Morgan fingerprint density at radius 1 is 0.583 bits per heavy atom. The Morgan fingerprint density at radius 3 is 1.46 bits per heavy atom. The van der Waals surface area contributed by atoms with Crippen LogP contribution in [0.15, 0.2) is 0 Å². The van der Waals surface area contributed by atoms with Crippen molar-refractivity contribution in [2.24, 2.45) is 5.73 Å². The average Bonchev–Trinajstić information content (AvgIpc) is 2.59. The molecule has 1 heterocycles. The highest BCUT2D eigenvalue weighted by Crippen LogP contribution is 2.14. The van der Waals surface area contributed by atoms with E-state index in [1.165, 1.54) is 110 Å². The summed E-state index contributed by atoms with van der Waals surface area (Å²) in [6.07, 6.45) is 21.3. The molecule has 144 valence electrons. The molecule has 0 unspecified atom stereocenters. The van der Waals surface area contributed by atoms with Gasteiger partial charge in [0.1, 0.15) is 0 Å². The van der Waals surface area contributed by atoms with Gasteiger partial charge in [0.15, 0.2) is 0 Å². The van der Waals surface area contributed by atoms with Crippen LogP contribution in [0.3, 0.4) is 0 Å². The minimum absolute atomic E-state index is 0.805. The normalized spacial score (nSPS) is 20.9. The van der Waals surface area contributed by atoms with E-state index in [4.69, 9.17) is 5.73 Å². The van der Waals surface area contributed by atoms with Crippen molar-refractivity contribution < 1.29 is 0 Å². The van der Waals surface area contributed by atoms with Crippen LogP contribution in [0, 0.1) is 0 Å². The molecule has 3 N–H and O–H groups in total. The summed E-state index contributed by atoms with van der Waals surface area (Å²) in [5.74, 6) is 0. The summed E-state index contributed by atoms with van der Waals surface area (Å²) >= 11 is 0. The Labute approximate surface area is 152 Å². The maximum Gasteiger partial charge on any atom is -0.000664 e. The number of nitrogens with one attached hydrogen (secondary N) is 1. The fraction of sp³-hybridized carbons (Fsp3) is 1.00. The Balaban J connectivity index is 2.16. The van der Waals surface area contributed by atoms with E-state index in [0.717, 1.165) is 26.1 Å². The van der Waals surface area contributed by atoms with Crippen molar-refractivity contribution in [3.05, 3.63) is 0 Å². The minimum atomic E-state index is 0.805. The van der Waals surface area contributed by atoms with Crippen LogP contribution in [0.25, 0.3) is 0 Å². The molecule has 0 atom stereocenters. The third-order valence-electron chi connectivity index (χ3n) is 5.33. The number of hydrogen-bond donors (Lipinski definition) is 2. The van der Waals surface area contributed by atoms with E-state index >= 15 is 0 Å². The summed E-state index contributed by atoms with van der Waals surface area (Å²) in [6.45, 7) is 6.95.